The molecular weight excluding hydrogens is 348 g/mol. The lowest BCUT2D eigenvalue weighted by Crippen LogP contribution is -2.68. The summed E-state index contributed by atoms with van der Waals surface area (Å²) in [7, 11) is 0. The van der Waals surface area contributed by atoms with Crippen LogP contribution in [0.4, 0.5) is 4.79 Å². The smallest absolute Gasteiger partial charge is 0.327 e. The second-order valence-corrected chi connectivity index (χ2v) is 7.41. The van der Waals surface area contributed by atoms with E-state index in [-0.39, 0.29) is 18.4 Å². The van der Waals surface area contributed by atoms with E-state index < -0.39 is 29.9 Å². The molecule has 0 bridgehead atoms. The van der Waals surface area contributed by atoms with Gasteiger partial charge >= 0.3 is 12.0 Å². The van der Waals surface area contributed by atoms with Gasteiger partial charge in [0.1, 0.15) is 5.84 Å². The predicted molar refractivity (Wildman–Crippen MR) is 102 cm³/mol. The number of imide groups is 1. The Bertz CT molecular complexity index is 652. The maximum Gasteiger partial charge on any atom is 0.327 e. The number of dihydropyridines is 1. The molecule has 4 N–H and O–H groups in total. The molecule has 27 heavy (non-hydrogen) atoms. The first-order valence-electron chi connectivity index (χ1n) is 9.66. The molecule has 3 amide bonds. The SMILES string of the molecule is CCCC(CCC)NC(=O)N1C(=O)[C@H](CC2=CC(N)=NCC2C)[C@H]1C(=O)O. The van der Waals surface area contributed by atoms with Crippen molar-refractivity contribution in [2.75, 3.05) is 6.54 Å². The summed E-state index contributed by atoms with van der Waals surface area (Å²) in [6, 6.07) is -1.80. The van der Waals surface area contributed by atoms with Gasteiger partial charge in [0, 0.05) is 12.6 Å². The molecule has 0 saturated carbocycles. The van der Waals surface area contributed by atoms with E-state index in [2.05, 4.69) is 10.3 Å². The van der Waals surface area contributed by atoms with Gasteiger partial charge in [0.05, 0.1) is 5.92 Å². The molecule has 0 aromatic heterocycles. The van der Waals surface area contributed by atoms with Crippen molar-refractivity contribution in [2.45, 2.75) is 65.0 Å². The van der Waals surface area contributed by atoms with E-state index in [0.717, 1.165) is 36.2 Å². The van der Waals surface area contributed by atoms with Gasteiger partial charge in [-0.15, -0.1) is 0 Å². The molecule has 2 aliphatic heterocycles. The van der Waals surface area contributed by atoms with Gasteiger partial charge in [-0.05, 0) is 31.3 Å². The first-order valence-corrected chi connectivity index (χ1v) is 9.66. The fourth-order valence-corrected chi connectivity index (χ4v) is 3.74. The Labute approximate surface area is 159 Å². The second-order valence-electron chi connectivity index (χ2n) is 7.41. The van der Waals surface area contributed by atoms with E-state index in [1.54, 1.807) is 6.08 Å². The number of amides is 3. The van der Waals surface area contributed by atoms with Gasteiger partial charge in [-0.25, -0.2) is 14.5 Å². The van der Waals surface area contributed by atoms with Gasteiger partial charge in [0.15, 0.2) is 6.04 Å². The number of urea groups is 1. The van der Waals surface area contributed by atoms with Gasteiger partial charge in [-0.2, -0.15) is 0 Å². The van der Waals surface area contributed by atoms with E-state index in [4.69, 9.17) is 5.73 Å². The van der Waals surface area contributed by atoms with Crippen molar-refractivity contribution in [1.82, 2.24) is 10.2 Å². The molecule has 0 radical (unpaired) electrons. The lowest BCUT2D eigenvalue weighted by Gasteiger charge is -2.44. The fraction of sp³-hybridized carbons (Fsp3) is 0.684. The number of aliphatic imine (C=N–C) groups is 1. The standard InChI is InChI=1S/C19H30N4O4/c1-4-6-13(7-5-2)22-19(27)23-16(18(25)26)14(17(23)24)8-12-9-15(20)21-10-11(12)3/h9,11,13-14,16H,4-8,10H2,1-3H3,(H2,20,21)(H,22,27)(H,25,26)/t11?,14-,16+/m1/s1. The molecule has 8 heteroatoms. The topological polar surface area (TPSA) is 125 Å². The molecule has 2 rings (SSSR count). The normalized spacial score (nSPS) is 25.0. The average molecular weight is 378 g/mol. The minimum absolute atomic E-state index is 0.0501. The molecule has 3 atom stereocenters. The Morgan fingerprint density at radius 3 is 2.56 bits per heavy atom. The maximum absolute atomic E-state index is 12.6. The van der Waals surface area contributed by atoms with Gasteiger partial charge in [0.25, 0.3) is 0 Å². The van der Waals surface area contributed by atoms with Crippen LogP contribution in [0.15, 0.2) is 16.6 Å². The highest BCUT2D eigenvalue weighted by Crippen LogP contribution is 2.35. The molecule has 2 aliphatic rings. The summed E-state index contributed by atoms with van der Waals surface area (Å²) in [6.45, 7) is 6.53. The van der Waals surface area contributed by atoms with E-state index >= 15 is 0 Å². The first-order chi connectivity index (χ1) is 12.8. The Morgan fingerprint density at radius 1 is 1.37 bits per heavy atom. The number of hydrogen-bond donors (Lipinski definition) is 3. The van der Waals surface area contributed by atoms with Gasteiger partial charge < -0.3 is 16.2 Å². The van der Waals surface area contributed by atoms with E-state index in [9.17, 15) is 19.5 Å². The second kappa shape index (κ2) is 9.01. The first kappa shape index (κ1) is 20.9. The van der Waals surface area contributed by atoms with Crippen LogP contribution in [0.3, 0.4) is 0 Å². The summed E-state index contributed by atoms with van der Waals surface area (Å²) in [6.07, 6.45) is 5.39. The van der Waals surface area contributed by atoms with Gasteiger partial charge in [-0.3, -0.25) is 9.79 Å². The van der Waals surface area contributed by atoms with Crippen molar-refractivity contribution in [2.24, 2.45) is 22.6 Å². The number of rotatable bonds is 8. The molecule has 0 spiro atoms. The van der Waals surface area contributed by atoms with Crippen molar-refractivity contribution in [3.05, 3.63) is 11.6 Å². The summed E-state index contributed by atoms with van der Waals surface area (Å²) in [4.78, 5) is 41.9. The van der Waals surface area contributed by atoms with Crippen molar-refractivity contribution in [1.29, 1.82) is 0 Å². The van der Waals surface area contributed by atoms with Crippen LogP contribution in [-0.4, -0.2) is 52.4 Å². The molecule has 0 aliphatic carbocycles. The van der Waals surface area contributed by atoms with Crippen LogP contribution in [0.25, 0.3) is 0 Å². The number of nitrogens with zero attached hydrogens (tertiary/aromatic N) is 2. The van der Waals surface area contributed by atoms with E-state index in [1.165, 1.54) is 0 Å². The van der Waals surface area contributed by atoms with Crippen LogP contribution in [0.2, 0.25) is 0 Å². The number of carboxylic acids is 1. The Hall–Kier alpha value is -2.38. The lowest BCUT2D eigenvalue weighted by atomic mass is 9.79. The molecule has 0 aromatic carbocycles. The minimum Gasteiger partial charge on any atom is -0.480 e. The Kier molecular flexibility index (Phi) is 6.98. The van der Waals surface area contributed by atoms with Gasteiger partial charge in [-0.1, -0.05) is 39.2 Å². The zero-order chi connectivity index (χ0) is 20.1. The number of carbonyl (C=O) groups excluding carboxylic acids is 2. The Morgan fingerprint density at radius 2 is 2.00 bits per heavy atom. The summed E-state index contributed by atoms with van der Waals surface area (Å²) >= 11 is 0. The summed E-state index contributed by atoms with van der Waals surface area (Å²) in [5.74, 6) is -1.87. The van der Waals surface area contributed by atoms with Crippen molar-refractivity contribution >= 4 is 23.7 Å². The van der Waals surface area contributed by atoms with Crippen LogP contribution in [0.5, 0.6) is 0 Å². The Balaban J connectivity index is 2.09. The molecule has 2 heterocycles. The molecule has 8 nitrogen and oxygen atoms in total. The van der Waals surface area contributed by atoms with Crippen LogP contribution in [-0.2, 0) is 9.59 Å². The molecule has 1 fully saturated rings. The number of nitrogens with two attached hydrogens (primary N) is 1. The largest absolute Gasteiger partial charge is 0.480 e. The van der Waals surface area contributed by atoms with Crippen LogP contribution < -0.4 is 11.1 Å². The van der Waals surface area contributed by atoms with Crippen molar-refractivity contribution in [3.8, 4) is 0 Å². The quantitative estimate of drug-likeness (QED) is 0.556. The summed E-state index contributed by atoms with van der Waals surface area (Å²) in [5.41, 5.74) is 6.64. The number of β-lactam (4-membered cyclic amide) rings is 1. The predicted octanol–water partition coefficient (Wildman–Crippen LogP) is 1.90. The summed E-state index contributed by atoms with van der Waals surface area (Å²) in [5, 5.41) is 12.4. The third-order valence-corrected chi connectivity index (χ3v) is 5.26. The number of carboxylic acid groups (broad SMARTS) is 1. The molecule has 1 saturated heterocycles. The fourth-order valence-electron chi connectivity index (χ4n) is 3.74. The average Bonchev–Trinajstić information content (AvgIpc) is 2.59. The maximum atomic E-state index is 12.6. The number of nitrogens with one attached hydrogen (secondary N) is 1. The van der Waals surface area contributed by atoms with Crippen LogP contribution in [0.1, 0.15) is 52.9 Å². The number of carbonyl (C=O) groups is 3. The molecular formula is C19H30N4O4. The highest BCUT2D eigenvalue weighted by atomic mass is 16.4. The molecule has 0 aromatic rings. The van der Waals surface area contributed by atoms with E-state index in [1.807, 2.05) is 20.8 Å². The highest BCUT2D eigenvalue weighted by molar-refractivity contribution is 6.07. The zero-order valence-corrected chi connectivity index (χ0v) is 16.3. The third kappa shape index (κ3) is 4.67. The zero-order valence-electron chi connectivity index (χ0n) is 16.3. The summed E-state index contributed by atoms with van der Waals surface area (Å²) < 4.78 is 0. The number of hydrogen-bond acceptors (Lipinski definition) is 5. The lowest BCUT2D eigenvalue weighted by molar-refractivity contribution is -0.165. The third-order valence-electron chi connectivity index (χ3n) is 5.26. The van der Waals surface area contributed by atoms with Gasteiger partial charge in [0.2, 0.25) is 5.91 Å². The molecule has 150 valence electrons. The van der Waals surface area contributed by atoms with Crippen molar-refractivity contribution < 1.29 is 19.5 Å². The van der Waals surface area contributed by atoms with Crippen LogP contribution >= 0.6 is 0 Å². The minimum atomic E-state index is -1.16. The van der Waals surface area contributed by atoms with Crippen LogP contribution in [0, 0.1) is 11.8 Å². The number of aliphatic carboxylic acids is 1. The highest BCUT2D eigenvalue weighted by Gasteiger charge is 2.55. The van der Waals surface area contributed by atoms with Crippen molar-refractivity contribution in [3.63, 3.8) is 0 Å². The molecule has 1 unspecified atom stereocenters. The number of likely N-dealkylation sites (tertiary alicyclic amines) is 1. The van der Waals surface area contributed by atoms with E-state index in [0.29, 0.717) is 12.4 Å². The monoisotopic (exact) mass is 378 g/mol. The number of amidine groups is 1.